The number of carbonyl (C=O) groups is 2. The quantitative estimate of drug-likeness (QED) is 0.786. The minimum absolute atomic E-state index is 0.130. The molecule has 0 bridgehead atoms. The average molecular weight is 313 g/mol. The number of carboxylic acid groups (broad SMARTS) is 1. The Morgan fingerprint density at radius 2 is 2.04 bits per heavy atom. The van der Waals surface area contributed by atoms with Crippen LogP contribution in [0.2, 0.25) is 0 Å². The largest absolute Gasteiger partial charge is 0.478 e. The van der Waals surface area contributed by atoms with Crippen molar-refractivity contribution in [1.29, 1.82) is 0 Å². The van der Waals surface area contributed by atoms with Crippen molar-refractivity contribution in [1.82, 2.24) is 4.90 Å². The summed E-state index contributed by atoms with van der Waals surface area (Å²) in [6.45, 7) is 3.66. The van der Waals surface area contributed by atoms with Gasteiger partial charge in [0.2, 0.25) is 0 Å². The van der Waals surface area contributed by atoms with E-state index in [1.807, 2.05) is 30.4 Å². The normalized spacial score (nSPS) is 19.2. The SMILES string of the molecule is CCC=CC=C[C@@H]1C(=O)CCN1CCc1ccc(C(=O)O)cc1. The van der Waals surface area contributed by atoms with Gasteiger partial charge in [0.25, 0.3) is 0 Å². The van der Waals surface area contributed by atoms with Gasteiger partial charge in [-0.3, -0.25) is 9.69 Å². The molecule has 0 saturated carbocycles. The maximum atomic E-state index is 12.0. The molecule has 0 radical (unpaired) electrons. The van der Waals surface area contributed by atoms with Crippen molar-refractivity contribution in [3.63, 3.8) is 0 Å². The number of allylic oxidation sites excluding steroid dienone is 3. The molecule has 23 heavy (non-hydrogen) atoms. The lowest BCUT2D eigenvalue weighted by Crippen LogP contribution is -2.33. The Kier molecular flexibility index (Phi) is 6.29. The second-order valence-corrected chi connectivity index (χ2v) is 5.67. The molecule has 1 fully saturated rings. The van der Waals surface area contributed by atoms with Crippen molar-refractivity contribution >= 4 is 11.8 Å². The summed E-state index contributed by atoms with van der Waals surface area (Å²) in [5.74, 6) is -0.639. The molecule has 122 valence electrons. The van der Waals surface area contributed by atoms with Crippen LogP contribution < -0.4 is 0 Å². The van der Waals surface area contributed by atoms with Gasteiger partial charge in [-0.15, -0.1) is 0 Å². The Labute approximate surface area is 137 Å². The van der Waals surface area contributed by atoms with Crippen molar-refractivity contribution < 1.29 is 14.7 Å². The number of nitrogens with zero attached hydrogens (tertiary/aromatic N) is 1. The van der Waals surface area contributed by atoms with Gasteiger partial charge in [-0.2, -0.15) is 0 Å². The third kappa shape index (κ3) is 4.89. The lowest BCUT2D eigenvalue weighted by atomic mass is 10.1. The van der Waals surface area contributed by atoms with E-state index in [1.54, 1.807) is 12.1 Å². The summed E-state index contributed by atoms with van der Waals surface area (Å²) < 4.78 is 0. The fourth-order valence-electron chi connectivity index (χ4n) is 2.70. The van der Waals surface area contributed by atoms with E-state index in [0.29, 0.717) is 12.0 Å². The molecule has 0 aliphatic carbocycles. The number of rotatable bonds is 7. The number of Topliss-reactive ketones (excluding diaryl/α,β-unsaturated/α-hetero) is 1. The molecular weight excluding hydrogens is 290 g/mol. The van der Waals surface area contributed by atoms with Gasteiger partial charge in [0.1, 0.15) is 0 Å². The first kappa shape index (κ1) is 17.2. The third-order valence-electron chi connectivity index (χ3n) is 4.03. The molecule has 2 rings (SSSR count). The predicted molar refractivity (Wildman–Crippen MR) is 90.7 cm³/mol. The number of carbonyl (C=O) groups excluding carboxylic acids is 1. The molecule has 1 aliphatic rings. The molecule has 1 aromatic carbocycles. The van der Waals surface area contributed by atoms with E-state index in [1.165, 1.54) is 0 Å². The van der Waals surface area contributed by atoms with Crippen LogP contribution in [-0.4, -0.2) is 40.9 Å². The minimum Gasteiger partial charge on any atom is -0.478 e. The number of hydrogen-bond donors (Lipinski definition) is 1. The number of ketones is 1. The van der Waals surface area contributed by atoms with Crippen molar-refractivity contribution in [3.8, 4) is 0 Å². The summed E-state index contributed by atoms with van der Waals surface area (Å²) in [5.41, 5.74) is 1.39. The molecule has 0 amide bonds. The van der Waals surface area contributed by atoms with Crippen molar-refractivity contribution in [2.45, 2.75) is 32.2 Å². The molecule has 0 unspecified atom stereocenters. The predicted octanol–water partition coefficient (Wildman–Crippen LogP) is 3.09. The van der Waals surface area contributed by atoms with Gasteiger partial charge in [-0.25, -0.2) is 4.79 Å². The molecule has 0 aromatic heterocycles. The zero-order valence-electron chi connectivity index (χ0n) is 13.4. The van der Waals surface area contributed by atoms with Crippen LogP contribution in [0.25, 0.3) is 0 Å². The van der Waals surface area contributed by atoms with E-state index in [0.717, 1.165) is 31.5 Å². The van der Waals surface area contributed by atoms with Crippen LogP contribution in [0.15, 0.2) is 48.6 Å². The molecule has 1 N–H and O–H groups in total. The molecule has 1 aliphatic heterocycles. The summed E-state index contributed by atoms with van der Waals surface area (Å²) >= 11 is 0. The third-order valence-corrected chi connectivity index (χ3v) is 4.03. The van der Waals surface area contributed by atoms with E-state index in [-0.39, 0.29) is 11.8 Å². The highest BCUT2D eigenvalue weighted by molar-refractivity contribution is 5.88. The van der Waals surface area contributed by atoms with Crippen LogP contribution in [0, 0.1) is 0 Å². The fourth-order valence-corrected chi connectivity index (χ4v) is 2.70. The standard InChI is InChI=1S/C19H23NO3/c1-2-3-4-5-6-17-18(21)12-14-20(17)13-11-15-7-9-16(10-8-15)19(22)23/h3-10,17H,2,11-14H2,1H3,(H,22,23)/t17-/m1/s1. The highest BCUT2D eigenvalue weighted by Gasteiger charge is 2.29. The number of carboxylic acids is 1. The second-order valence-electron chi connectivity index (χ2n) is 5.67. The lowest BCUT2D eigenvalue weighted by Gasteiger charge is -2.20. The van der Waals surface area contributed by atoms with Gasteiger partial charge in [0, 0.05) is 19.5 Å². The van der Waals surface area contributed by atoms with Crippen molar-refractivity contribution in [2.24, 2.45) is 0 Å². The average Bonchev–Trinajstić information content (AvgIpc) is 2.90. The lowest BCUT2D eigenvalue weighted by molar-refractivity contribution is -0.118. The summed E-state index contributed by atoms with van der Waals surface area (Å²) in [6.07, 6.45) is 10.4. The van der Waals surface area contributed by atoms with Crippen LogP contribution in [0.3, 0.4) is 0 Å². The number of benzene rings is 1. The Hall–Kier alpha value is -2.20. The van der Waals surface area contributed by atoms with Crippen molar-refractivity contribution in [3.05, 3.63) is 59.7 Å². The van der Waals surface area contributed by atoms with Crippen LogP contribution >= 0.6 is 0 Å². The molecule has 4 nitrogen and oxygen atoms in total. The molecule has 1 atom stereocenters. The van der Waals surface area contributed by atoms with E-state index in [2.05, 4.69) is 17.9 Å². The van der Waals surface area contributed by atoms with E-state index in [4.69, 9.17) is 5.11 Å². The first-order valence-corrected chi connectivity index (χ1v) is 8.04. The molecule has 0 spiro atoms. The fraction of sp³-hybridized carbons (Fsp3) is 0.368. The second kappa shape index (κ2) is 8.44. The Morgan fingerprint density at radius 1 is 1.30 bits per heavy atom. The molecular formula is C19H23NO3. The van der Waals surface area contributed by atoms with Gasteiger partial charge in [0.05, 0.1) is 11.6 Å². The monoisotopic (exact) mass is 313 g/mol. The molecule has 1 saturated heterocycles. The zero-order chi connectivity index (χ0) is 16.7. The number of likely N-dealkylation sites (tertiary alicyclic amines) is 1. The Morgan fingerprint density at radius 3 is 2.70 bits per heavy atom. The topological polar surface area (TPSA) is 57.6 Å². The van der Waals surface area contributed by atoms with E-state index < -0.39 is 5.97 Å². The highest BCUT2D eigenvalue weighted by atomic mass is 16.4. The van der Waals surface area contributed by atoms with Crippen molar-refractivity contribution in [2.75, 3.05) is 13.1 Å². The Bertz CT molecular complexity index is 602. The molecule has 4 heteroatoms. The van der Waals surface area contributed by atoms with Crippen LogP contribution in [0.1, 0.15) is 35.7 Å². The number of aromatic carboxylic acids is 1. The van der Waals surface area contributed by atoms with E-state index >= 15 is 0 Å². The minimum atomic E-state index is -0.910. The summed E-state index contributed by atoms with van der Waals surface area (Å²) in [4.78, 5) is 25.0. The summed E-state index contributed by atoms with van der Waals surface area (Å²) in [7, 11) is 0. The summed E-state index contributed by atoms with van der Waals surface area (Å²) in [6, 6.07) is 6.81. The maximum absolute atomic E-state index is 12.0. The van der Waals surface area contributed by atoms with Gasteiger partial charge in [-0.1, -0.05) is 43.4 Å². The molecule has 1 aromatic rings. The van der Waals surface area contributed by atoms with Crippen LogP contribution in [-0.2, 0) is 11.2 Å². The zero-order valence-corrected chi connectivity index (χ0v) is 13.4. The smallest absolute Gasteiger partial charge is 0.335 e. The first-order valence-electron chi connectivity index (χ1n) is 8.04. The summed E-state index contributed by atoms with van der Waals surface area (Å²) in [5, 5.41) is 8.90. The highest BCUT2D eigenvalue weighted by Crippen LogP contribution is 2.16. The molecule has 1 heterocycles. The van der Waals surface area contributed by atoms with Gasteiger partial charge in [-0.05, 0) is 30.5 Å². The number of hydrogen-bond acceptors (Lipinski definition) is 3. The van der Waals surface area contributed by atoms with Gasteiger partial charge in [0.15, 0.2) is 5.78 Å². The van der Waals surface area contributed by atoms with Crippen LogP contribution in [0.4, 0.5) is 0 Å². The van der Waals surface area contributed by atoms with Crippen LogP contribution in [0.5, 0.6) is 0 Å². The van der Waals surface area contributed by atoms with E-state index in [9.17, 15) is 9.59 Å². The maximum Gasteiger partial charge on any atom is 0.335 e. The Balaban J connectivity index is 1.93. The van der Waals surface area contributed by atoms with Gasteiger partial charge < -0.3 is 5.11 Å². The van der Waals surface area contributed by atoms with Gasteiger partial charge >= 0.3 is 5.97 Å². The first-order chi connectivity index (χ1) is 11.1.